The number of aromatic hydroxyl groups is 1. The largest absolute Gasteiger partial charge is 0.508 e. The summed E-state index contributed by atoms with van der Waals surface area (Å²) in [5.41, 5.74) is 5.11. The summed E-state index contributed by atoms with van der Waals surface area (Å²) in [5, 5.41) is 9.55. The molecule has 3 nitrogen and oxygen atoms in total. The molecule has 4 aromatic rings. The van der Waals surface area contributed by atoms with E-state index in [1.165, 1.54) is 0 Å². The summed E-state index contributed by atoms with van der Waals surface area (Å²) >= 11 is 0. The van der Waals surface area contributed by atoms with Crippen molar-refractivity contribution in [2.24, 2.45) is 0 Å². The second-order valence-electron chi connectivity index (χ2n) is 5.56. The normalized spacial score (nSPS) is 10.7. The van der Waals surface area contributed by atoms with Gasteiger partial charge in [-0.25, -0.2) is 4.98 Å². The molecule has 3 aromatic carbocycles. The Morgan fingerprint density at radius 2 is 1.25 bits per heavy atom. The van der Waals surface area contributed by atoms with Crippen molar-refractivity contribution in [1.29, 1.82) is 0 Å². The average Bonchev–Trinajstić information content (AvgIpc) is 3.09. The van der Waals surface area contributed by atoms with Crippen molar-refractivity contribution in [3.63, 3.8) is 0 Å². The summed E-state index contributed by atoms with van der Waals surface area (Å²) in [4.78, 5) is 4.66. The fraction of sp³-hybridized carbons (Fsp3) is 0. The molecule has 0 spiro atoms. The zero-order valence-electron chi connectivity index (χ0n) is 13.0. The maximum atomic E-state index is 9.55. The van der Waals surface area contributed by atoms with E-state index in [4.69, 9.17) is 0 Å². The van der Waals surface area contributed by atoms with E-state index in [1.54, 1.807) is 12.1 Å². The Bertz CT molecular complexity index is 942. The molecule has 1 aromatic heterocycles. The van der Waals surface area contributed by atoms with Gasteiger partial charge in [0.2, 0.25) is 0 Å². The van der Waals surface area contributed by atoms with Gasteiger partial charge in [0.25, 0.3) is 0 Å². The van der Waals surface area contributed by atoms with Crippen molar-refractivity contribution in [3.8, 4) is 34.0 Å². The molecule has 1 heterocycles. The number of hydrogen-bond donors (Lipinski definition) is 1. The molecular formula is C21H16N2O. The van der Waals surface area contributed by atoms with Crippen LogP contribution in [0.4, 0.5) is 0 Å². The van der Waals surface area contributed by atoms with Crippen molar-refractivity contribution in [1.82, 2.24) is 9.55 Å². The van der Waals surface area contributed by atoms with Gasteiger partial charge in [-0.1, -0.05) is 60.7 Å². The van der Waals surface area contributed by atoms with Gasteiger partial charge in [-0.2, -0.15) is 0 Å². The molecule has 0 unspecified atom stereocenters. The van der Waals surface area contributed by atoms with Crippen LogP contribution in [0.2, 0.25) is 0 Å². The second-order valence-corrected chi connectivity index (χ2v) is 5.56. The van der Waals surface area contributed by atoms with Crippen molar-refractivity contribution >= 4 is 0 Å². The van der Waals surface area contributed by atoms with Gasteiger partial charge in [0.15, 0.2) is 0 Å². The minimum Gasteiger partial charge on any atom is -0.508 e. The molecule has 116 valence electrons. The first-order chi connectivity index (χ1) is 11.8. The first kappa shape index (κ1) is 14.3. The maximum Gasteiger partial charge on any atom is 0.115 e. The Labute approximate surface area is 140 Å². The molecule has 3 heteroatoms. The number of hydrogen-bond acceptors (Lipinski definition) is 2. The van der Waals surface area contributed by atoms with Crippen molar-refractivity contribution in [3.05, 3.63) is 91.3 Å². The van der Waals surface area contributed by atoms with E-state index in [1.807, 2.05) is 54.9 Å². The number of phenolic OH excluding ortho intramolecular Hbond substituents is 1. The van der Waals surface area contributed by atoms with E-state index in [-0.39, 0.29) is 5.75 Å². The van der Waals surface area contributed by atoms with Crippen LogP contribution in [-0.2, 0) is 0 Å². The zero-order valence-corrected chi connectivity index (χ0v) is 13.0. The van der Waals surface area contributed by atoms with Gasteiger partial charge in [0.05, 0.1) is 11.4 Å². The molecule has 24 heavy (non-hydrogen) atoms. The highest BCUT2D eigenvalue weighted by atomic mass is 16.3. The molecule has 0 saturated heterocycles. The van der Waals surface area contributed by atoms with Gasteiger partial charge in [-0.05, 0) is 24.3 Å². The molecule has 0 aliphatic rings. The quantitative estimate of drug-likeness (QED) is 0.583. The molecule has 4 rings (SSSR count). The van der Waals surface area contributed by atoms with E-state index in [0.717, 1.165) is 28.2 Å². The molecule has 0 saturated carbocycles. The van der Waals surface area contributed by atoms with Gasteiger partial charge in [0.1, 0.15) is 12.1 Å². The molecule has 0 aliphatic heterocycles. The molecule has 0 bridgehead atoms. The SMILES string of the molecule is Oc1ccc(-n2cnc(-c3ccccc3)c2-c2ccccc2)cc1. The molecule has 0 amide bonds. The lowest BCUT2D eigenvalue weighted by atomic mass is 10.0. The number of phenols is 1. The van der Waals surface area contributed by atoms with Crippen LogP contribution in [-0.4, -0.2) is 14.7 Å². The number of imidazole rings is 1. The van der Waals surface area contributed by atoms with Crippen LogP contribution in [0, 0.1) is 0 Å². The fourth-order valence-corrected chi connectivity index (χ4v) is 2.84. The van der Waals surface area contributed by atoms with Crippen LogP contribution >= 0.6 is 0 Å². The third-order valence-electron chi connectivity index (χ3n) is 3.99. The predicted octanol–water partition coefficient (Wildman–Crippen LogP) is 4.91. The average molecular weight is 312 g/mol. The van der Waals surface area contributed by atoms with Gasteiger partial charge < -0.3 is 5.11 Å². The minimum absolute atomic E-state index is 0.253. The van der Waals surface area contributed by atoms with Crippen LogP contribution in [0.1, 0.15) is 0 Å². The summed E-state index contributed by atoms with van der Waals surface area (Å²) in [5.74, 6) is 0.253. The summed E-state index contributed by atoms with van der Waals surface area (Å²) in [6, 6.07) is 27.5. The lowest BCUT2D eigenvalue weighted by Gasteiger charge is -2.11. The monoisotopic (exact) mass is 312 g/mol. The lowest BCUT2D eigenvalue weighted by Crippen LogP contribution is -1.96. The number of rotatable bonds is 3. The molecule has 0 fully saturated rings. The van der Waals surface area contributed by atoms with Gasteiger partial charge in [-0.15, -0.1) is 0 Å². The molecule has 0 radical (unpaired) electrons. The highest BCUT2D eigenvalue weighted by molar-refractivity contribution is 5.79. The summed E-state index contributed by atoms with van der Waals surface area (Å²) in [7, 11) is 0. The third-order valence-corrected chi connectivity index (χ3v) is 3.99. The first-order valence-corrected chi connectivity index (χ1v) is 7.80. The van der Waals surface area contributed by atoms with E-state index < -0.39 is 0 Å². The number of benzene rings is 3. The minimum atomic E-state index is 0.253. The van der Waals surface area contributed by atoms with Crippen molar-refractivity contribution in [2.45, 2.75) is 0 Å². The summed E-state index contributed by atoms with van der Waals surface area (Å²) in [6.45, 7) is 0. The van der Waals surface area contributed by atoms with E-state index in [0.29, 0.717) is 0 Å². The van der Waals surface area contributed by atoms with Crippen molar-refractivity contribution < 1.29 is 5.11 Å². The predicted molar refractivity (Wildman–Crippen MR) is 96.1 cm³/mol. The third kappa shape index (κ3) is 2.57. The van der Waals surface area contributed by atoms with E-state index >= 15 is 0 Å². The first-order valence-electron chi connectivity index (χ1n) is 7.80. The van der Waals surface area contributed by atoms with Crippen LogP contribution in [0.25, 0.3) is 28.2 Å². The van der Waals surface area contributed by atoms with Gasteiger partial charge >= 0.3 is 0 Å². The van der Waals surface area contributed by atoms with Crippen LogP contribution in [0.5, 0.6) is 5.75 Å². The Morgan fingerprint density at radius 3 is 1.88 bits per heavy atom. The Balaban J connectivity index is 1.95. The summed E-state index contributed by atoms with van der Waals surface area (Å²) < 4.78 is 2.05. The second kappa shape index (κ2) is 6.05. The zero-order chi connectivity index (χ0) is 16.4. The maximum absolute atomic E-state index is 9.55. The highest BCUT2D eigenvalue weighted by Gasteiger charge is 2.15. The molecule has 1 N–H and O–H groups in total. The smallest absolute Gasteiger partial charge is 0.115 e. The van der Waals surface area contributed by atoms with E-state index in [2.05, 4.69) is 33.8 Å². The fourth-order valence-electron chi connectivity index (χ4n) is 2.84. The van der Waals surface area contributed by atoms with Gasteiger partial charge in [0, 0.05) is 16.8 Å². The Morgan fingerprint density at radius 1 is 0.667 bits per heavy atom. The Kier molecular flexibility index (Phi) is 3.60. The molecule has 0 atom stereocenters. The number of aromatic nitrogens is 2. The van der Waals surface area contributed by atoms with Gasteiger partial charge in [-0.3, -0.25) is 4.57 Å². The van der Waals surface area contributed by atoms with Crippen LogP contribution in [0.3, 0.4) is 0 Å². The highest BCUT2D eigenvalue weighted by Crippen LogP contribution is 2.33. The molecular weight excluding hydrogens is 296 g/mol. The molecule has 0 aliphatic carbocycles. The van der Waals surface area contributed by atoms with Crippen LogP contribution < -0.4 is 0 Å². The summed E-state index contributed by atoms with van der Waals surface area (Å²) in [6.07, 6.45) is 1.83. The van der Waals surface area contributed by atoms with E-state index in [9.17, 15) is 5.11 Å². The number of nitrogens with zero attached hydrogens (tertiary/aromatic N) is 2. The van der Waals surface area contributed by atoms with Crippen molar-refractivity contribution in [2.75, 3.05) is 0 Å². The topological polar surface area (TPSA) is 38.0 Å². The lowest BCUT2D eigenvalue weighted by molar-refractivity contribution is 0.475. The Hall–Kier alpha value is -3.33. The van der Waals surface area contributed by atoms with Crippen LogP contribution in [0.15, 0.2) is 91.3 Å². The standard InChI is InChI=1S/C21H16N2O/c24-19-13-11-18(12-14-19)23-15-22-20(16-7-3-1-4-8-16)21(23)17-9-5-2-6-10-17/h1-15,24H.